The van der Waals surface area contributed by atoms with Crippen molar-refractivity contribution in [2.24, 2.45) is 0 Å². The molecular formula is C18H19FN2O. The van der Waals surface area contributed by atoms with E-state index in [1.807, 2.05) is 30.3 Å². The Kier molecular flexibility index (Phi) is 3.61. The molecule has 0 saturated carbocycles. The summed E-state index contributed by atoms with van der Waals surface area (Å²) in [6.07, 6.45) is 0.846. The number of para-hydroxylation sites is 1. The lowest BCUT2D eigenvalue weighted by molar-refractivity contribution is 0.256. The number of nitrogens with zero attached hydrogens (tertiary/aromatic N) is 1. The average Bonchev–Trinajstić information content (AvgIpc) is 2.82. The minimum atomic E-state index is -0.260. The SMILES string of the molecule is CCC1(C)CN(C(=O)Nc2ccccc2)c2ccc(F)cc21. The molecule has 0 aliphatic carbocycles. The van der Waals surface area contributed by atoms with Crippen molar-refractivity contribution >= 4 is 17.4 Å². The Morgan fingerprint density at radius 2 is 2.00 bits per heavy atom. The van der Waals surface area contributed by atoms with Crippen LogP contribution in [0.25, 0.3) is 0 Å². The Morgan fingerprint density at radius 3 is 2.68 bits per heavy atom. The van der Waals surface area contributed by atoms with Gasteiger partial charge in [-0.1, -0.05) is 32.0 Å². The van der Waals surface area contributed by atoms with E-state index < -0.39 is 0 Å². The maximum Gasteiger partial charge on any atom is 0.326 e. The Bertz CT molecular complexity index is 701. The van der Waals surface area contributed by atoms with Gasteiger partial charge in [0.1, 0.15) is 5.82 Å². The second-order valence-corrected chi connectivity index (χ2v) is 5.96. The van der Waals surface area contributed by atoms with Crippen LogP contribution in [0.1, 0.15) is 25.8 Å². The van der Waals surface area contributed by atoms with Crippen molar-refractivity contribution in [1.82, 2.24) is 0 Å². The largest absolute Gasteiger partial charge is 0.326 e. The third-order valence-electron chi connectivity index (χ3n) is 4.46. The summed E-state index contributed by atoms with van der Waals surface area (Å²) in [7, 11) is 0. The summed E-state index contributed by atoms with van der Waals surface area (Å²) in [5.41, 5.74) is 2.23. The van der Waals surface area contributed by atoms with Gasteiger partial charge in [-0.3, -0.25) is 4.90 Å². The normalized spacial score (nSPS) is 19.9. The van der Waals surface area contributed by atoms with Crippen LogP contribution in [-0.2, 0) is 5.41 Å². The molecule has 1 atom stereocenters. The molecule has 0 bridgehead atoms. The molecule has 2 amide bonds. The van der Waals surface area contributed by atoms with E-state index in [9.17, 15) is 9.18 Å². The molecule has 3 rings (SSSR count). The molecule has 2 aromatic rings. The first-order valence-corrected chi connectivity index (χ1v) is 7.47. The first-order chi connectivity index (χ1) is 10.5. The maximum atomic E-state index is 13.6. The van der Waals surface area contributed by atoms with Crippen LogP contribution < -0.4 is 10.2 Å². The number of halogens is 1. The zero-order valence-corrected chi connectivity index (χ0v) is 12.8. The third-order valence-corrected chi connectivity index (χ3v) is 4.46. The van der Waals surface area contributed by atoms with Gasteiger partial charge in [-0.15, -0.1) is 0 Å². The number of carbonyl (C=O) groups is 1. The molecule has 1 heterocycles. The van der Waals surface area contributed by atoms with Crippen LogP contribution in [0.5, 0.6) is 0 Å². The Hall–Kier alpha value is -2.36. The van der Waals surface area contributed by atoms with Crippen LogP contribution in [0.2, 0.25) is 0 Å². The van der Waals surface area contributed by atoms with Crippen molar-refractivity contribution in [2.75, 3.05) is 16.8 Å². The van der Waals surface area contributed by atoms with Crippen LogP contribution in [0.15, 0.2) is 48.5 Å². The van der Waals surface area contributed by atoms with Gasteiger partial charge in [-0.05, 0) is 42.3 Å². The van der Waals surface area contributed by atoms with E-state index in [0.717, 1.165) is 23.4 Å². The van der Waals surface area contributed by atoms with E-state index in [1.165, 1.54) is 6.07 Å². The molecule has 0 spiro atoms. The molecule has 114 valence electrons. The third kappa shape index (κ3) is 2.45. The van der Waals surface area contributed by atoms with Crippen molar-refractivity contribution in [3.8, 4) is 0 Å². The van der Waals surface area contributed by atoms with Crippen LogP contribution in [0.4, 0.5) is 20.6 Å². The number of anilines is 2. The second-order valence-electron chi connectivity index (χ2n) is 5.96. The number of urea groups is 1. The predicted molar refractivity (Wildman–Crippen MR) is 86.8 cm³/mol. The minimum absolute atomic E-state index is 0.184. The van der Waals surface area contributed by atoms with Gasteiger partial charge in [0, 0.05) is 23.3 Å². The van der Waals surface area contributed by atoms with Crippen molar-refractivity contribution in [3.63, 3.8) is 0 Å². The van der Waals surface area contributed by atoms with Crippen LogP contribution in [-0.4, -0.2) is 12.6 Å². The van der Waals surface area contributed by atoms with Gasteiger partial charge in [0.15, 0.2) is 0 Å². The molecule has 1 unspecified atom stereocenters. The van der Waals surface area contributed by atoms with Crippen LogP contribution in [0.3, 0.4) is 0 Å². The van der Waals surface area contributed by atoms with Crippen molar-refractivity contribution in [1.29, 1.82) is 0 Å². The van der Waals surface area contributed by atoms with E-state index in [2.05, 4.69) is 19.2 Å². The number of benzene rings is 2. The molecule has 0 radical (unpaired) electrons. The van der Waals surface area contributed by atoms with Crippen LogP contribution >= 0.6 is 0 Å². The number of fused-ring (bicyclic) bond motifs is 1. The lowest BCUT2D eigenvalue weighted by Crippen LogP contribution is -2.37. The fourth-order valence-electron chi connectivity index (χ4n) is 2.94. The quantitative estimate of drug-likeness (QED) is 0.867. The molecule has 1 N–H and O–H groups in total. The lowest BCUT2D eigenvalue weighted by Gasteiger charge is -2.24. The number of nitrogens with one attached hydrogen (secondary N) is 1. The molecule has 1 aliphatic rings. The zero-order chi connectivity index (χ0) is 15.7. The number of carbonyl (C=O) groups excluding carboxylic acids is 1. The standard InChI is InChI=1S/C18H19FN2O/c1-3-18(2)12-21(16-10-9-13(19)11-15(16)18)17(22)20-14-7-5-4-6-8-14/h4-11H,3,12H2,1-2H3,(H,20,22). The van der Waals surface area contributed by atoms with Gasteiger partial charge >= 0.3 is 6.03 Å². The number of hydrogen-bond acceptors (Lipinski definition) is 1. The summed E-state index contributed by atoms with van der Waals surface area (Å²) < 4.78 is 13.6. The number of rotatable bonds is 2. The highest BCUT2D eigenvalue weighted by molar-refractivity contribution is 6.03. The van der Waals surface area contributed by atoms with E-state index in [0.29, 0.717) is 6.54 Å². The van der Waals surface area contributed by atoms with Gasteiger partial charge < -0.3 is 5.32 Å². The van der Waals surface area contributed by atoms with Gasteiger partial charge in [0.05, 0.1) is 0 Å². The Balaban J connectivity index is 1.92. The fraction of sp³-hybridized carbons (Fsp3) is 0.278. The minimum Gasteiger partial charge on any atom is -0.308 e. The van der Waals surface area contributed by atoms with E-state index in [4.69, 9.17) is 0 Å². The van der Waals surface area contributed by atoms with Gasteiger partial charge in [0.25, 0.3) is 0 Å². The molecule has 3 nitrogen and oxygen atoms in total. The number of amides is 2. The van der Waals surface area contributed by atoms with Gasteiger partial charge in [-0.2, -0.15) is 0 Å². The summed E-state index contributed by atoms with van der Waals surface area (Å²) in [5.74, 6) is -0.260. The zero-order valence-electron chi connectivity index (χ0n) is 12.8. The fourth-order valence-corrected chi connectivity index (χ4v) is 2.94. The molecule has 0 saturated heterocycles. The summed E-state index contributed by atoms with van der Waals surface area (Å²) >= 11 is 0. The molecule has 0 fully saturated rings. The van der Waals surface area contributed by atoms with E-state index in [-0.39, 0.29) is 17.3 Å². The summed E-state index contributed by atoms with van der Waals surface area (Å²) in [5, 5.41) is 2.89. The predicted octanol–water partition coefficient (Wildman–Crippen LogP) is 4.55. The smallest absolute Gasteiger partial charge is 0.308 e. The van der Waals surface area contributed by atoms with E-state index in [1.54, 1.807) is 17.0 Å². The van der Waals surface area contributed by atoms with Crippen molar-refractivity contribution < 1.29 is 9.18 Å². The van der Waals surface area contributed by atoms with Crippen LogP contribution in [0, 0.1) is 5.82 Å². The van der Waals surface area contributed by atoms with Crippen molar-refractivity contribution in [2.45, 2.75) is 25.7 Å². The molecule has 22 heavy (non-hydrogen) atoms. The highest BCUT2D eigenvalue weighted by atomic mass is 19.1. The summed E-state index contributed by atoms with van der Waals surface area (Å²) in [6.45, 7) is 4.69. The first-order valence-electron chi connectivity index (χ1n) is 7.47. The second kappa shape index (κ2) is 5.44. The first kappa shape index (κ1) is 14.6. The Labute approximate surface area is 129 Å². The average molecular weight is 298 g/mol. The monoisotopic (exact) mass is 298 g/mol. The highest BCUT2D eigenvalue weighted by Crippen LogP contribution is 2.43. The number of hydrogen-bond donors (Lipinski definition) is 1. The Morgan fingerprint density at radius 1 is 1.27 bits per heavy atom. The summed E-state index contributed by atoms with van der Waals surface area (Å²) in [4.78, 5) is 14.3. The van der Waals surface area contributed by atoms with Crippen molar-refractivity contribution in [3.05, 3.63) is 59.9 Å². The summed E-state index contributed by atoms with van der Waals surface area (Å²) in [6, 6.07) is 13.8. The molecule has 2 aromatic carbocycles. The molecular weight excluding hydrogens is 279 g/mol. The topological polar surface area (TPSA) is 32.3 Å². The molecule has 1 aliphatic heterocycles. The van der Waals surface area contributed by atoms with Gasteiger partial charge in [-0.25, -0.2) is 9.18 Å². The van der Waals surface area contributed by atoms with E-state index >= 15 is 0 Å². The highest BCUT2D eigenvalue weighted by Gasteiger charge is 2.40. The van der Waals surface area contributed by atoms with Gasteiger partial charge in [0.2, 0.25) is 0 Å². The maximum absolute atomic E-state index is 13.6. The molecule has 4 heteroatoms. The molecule has 0 aromatic heterocycles. The lowest BCUT2D eigenvalue weighted by atomic mass is 9.82.